The maximum Gasteiger partial charge on any atom is 0.131 e. The maximum atomic E-state index is 6.50. The second kappa shape index (κ2) is 6.52. The van der Waals surface area contributed by atoms with Gasteiger partial charge in [-0.1, -0.05) is 60.1 Å². The van der Waals surface area contributed by atoms with Crippen LogP contribution >= 0.6 is 11.6 Å². The Bertz CT molecular complexity index is 1000. The molecule has 2 aliphatic heterocycles. The van der Waals surface area contributed by atoms with E-state index in [-0.39, 0.29) is 12.2 Å². The van der Waals surface area contributed by atoms with Crippen molar-refractivity contribution < 1.29 is 4.74 Å². The lowest BCUT2D eigenvalue weighted by molar-refractivity contribution is 0.404. The van der Waals surface area contributed by atoms with E-state index in [2.05, 4.69) is 53.4 Å². The first-order valence-corrected chi connectivity index (χ1v) is 9.44. The largest absolute Gasteiger partial charge is 0.497 e. The molecule has 0 saturated carbocycles. The summed E-state index contributed by atoms with van der Waals surface area (Å²) >= 11 is 6.50. The minimum absolute atomic E-state index is 0.0500. The van der Waals surface area contributed by atoms with Crippen molar-refractivity contribution in [3.05, 3.63) is 101 Å². The number of benzene rings is 3. The van der Waals surface area contributed by atoms with Gasteiger partial charge in [-0.25, -0.2) is 0 Å². The molecule has 3 aromatic rings. The van der Waals surface area contributed by atoms with Gasteiger partial charge in [0.15, 0.2) is 0 Å². The van der Waals surface area contributed by atoms with Crippen molar-refractivity contribution in [2.45, 2.75) is 18.2 Å². The number of nitrogens with zero attached hydrogens (tertiary/aromatic N) is 2. The summed E-state index contributed by atoms with van der Waals surface area (Å²) in [5, 5.41) is 0.764. The molecule has 2 heterocycles. The summed E-state index contributed by atoms with van der Waals surface area (Å²) in [6, 6.07) is 27.4. The normalized spacial score (nSPS) is 25.6. The van der Waals surface area contributed by atoms with Crippen molar-refractivity contribution in [3.63, 3.8) is 0 Å². The molecule has 0 spiro atoms. The number of hydrogen-bond donors (Lipinski definition) is 0. The molecule has 0 radical (unpaired) electrons. The van der Waals surface area contributed by atoms with Gasteiger partial charge in [-0.3, -0.25) is 9.89 Å². The van der Waals surface area contributed by atoms with Gasteiger partial charge in [0.25, 0.3) is 0 Å². The third kappa shape index (κ3) is 2.75. The number of ether oxygens (including phenoxy) is 1. The van der Waals surface area contributed by atoms with Crippen molar-refractivity contribution in [1.29, 1.82) is 0 Å². The van der Waals surface area contributed by atoms with Crippen molar-refractivity contribution in [2.24, 2.45) is 4.99 Å². The van der Waals surface area contributed by atoms with Crippen molar-refractivity contribution in [2.75, 3.05) is 7.11 Å². The van der Waals surface area contributed by atoms with Crippen LogP contribution in [0.1, 0.15) is 28.9 Å². The lowest BCUT2D eigenvalue weighted by Crippen LogP contribution is -2.08. The fraction of sp³-hybridized carbons (Fsp3) is 0.174. The molecule has 1 saturated heterocycles. The standard InChI is InChI=1S/C23H19ClN2O/c1-27-17-13-11-15(12-14-17)20-22-21(16-7-3-2-4-8-16)26(22)23(25-20)18-9-5-6-10-19(18)24/h2-14,21-23H,1H3/t21-,22-,23+,26?/m1/s1. The topological polar surface area (TPSA) is 24.6 Å². The van der Waals surface area contributed by atoms with Gasteiger partial charge in [-0.05, 0) is 41.5 Å². The average Bonchev–Trinajstić information content (AvgIpc) is 3.34. The molecule has 0 amide bonds. The second-order valence-corrected chi connectivity index (χ2v) is 7.29. The minimum Gasteiger partial charge on any atom is -0.497 e. The van der Waals surface area contributed by atoms with Crippen molar-refractivity contribution >= 4 is 17.3 Å². The van der Waals surface area contributed by atoms with Crippen LogP contribution in [-0.2, 0) is 0 Å². The fourth-order valence-electron chi connectivity index (χ4n) is 4.04. The summed E-state index contributed by atoms with van der Waals surface area (Å²) in [7, 11) is 1.68. The van der Waals surface area contributed by atoms with E-state index < -0.39 is 0 Å². The molecule has 2 aliphatic rings. The third-order valence-corrected chi connectivity index (χ3v) is 5.73. The lowest BCUT2D eigenvalue weighted by Gasteiger charge is -2.15. The van der Waals surface area contributed by atoms with Gasteiger partial charge < -0.3 is 4.74 Å². The van der Waals surface area contributed by atoms with E-state index in [1.807, 2.05) is 30.3 Å². The van der Waals surface area contributed by atoms with Gasteiger partial charge in [0.1, 0.15) is 11.9 Å². The summed E-state index contributed by atoms with van der Waals surface area (Å²) in [4.78, 5) is 7.51. The molecule has 0 aliphatic carbocycles. The predicted molar refractivity (Wildman–Crippen MR) is 109 cm³/mol. The van der Waals surface area contributed by atoms with Crippen LogP contribution in [0, 0.1) is 0 Å². The molecular formula is C23H19ClN2O. The number of rotatable bonds is 4. The van der Waals surface area contributed by atoms with Crippen LogP contribution in [0.15, 0.2) is 83.9 Å². The monoisotopic (exact) mass is 374 g/mol. The number of halogens is 1. The number of aliphatic imine (C=N–C) groups is 1. The second-order valence-electron chi connectivity index (χ2n) is 6.89. The van der Waals surface area contributed by atoms with Gasteiger partial charge in [0, 0.05) is 10.6 Å². The Kier molecular flexibility index (Phi) is 4.00. The summed E-state index contributed by atoms with van der Waals surface area (Å²) in [6.45, 7) is 0. The maximum absolute atomic E-state index is 6.50. The third-order valence-electron chi connectivity index (χ3n) is 5.39. The van der Waals surface area contributed by atoms with Crippen LogP contribution in [0.3, 0.4) is 0 Å². The Morgan fingerprint density at radius 3 is 2.26 bits per heavy atom. The molecule has 0 aromatic heterocycles. The molecule has 3 aromatic carbocycles. The zero-order valence-corrected chi connectivity index (χ0v) is 15.7. The van der Waals surface area contributed by atoms with Gasteiger partial charge in [-0.2, -0.15) is 0 Å². The van der Waals surface area contributed by atoms with Gasteiger partial charge in [0.2, 0.25) is 0 Å². The smallest absolute Gasteiger partial charge is 0.131 e. The molecule has 1 unspecified atom stereocenters. The molecule has 0 bridgehead atoms. The lowest BCUT2D eigenvalue weighted by atomic mass is 10.0. The fourth-order valence-corrected chi connectivity index (χ4v) is 4.28. The average molecular weight is 375 g/mol. The quantitative estimate of drug-likeness (QED) is 0.580. The first-order valence-electron chi connectivity index (χ1n) is 9.07. The molecule has 3 nitrogen and oxygen atoms in total. The van der Waals surface area contributed by atoms with Crippen LogP contribution in [0.25, 0.3) is 0 Å². The molecule has 5 rings (SSSR count). The van der Waals surface area contributed by atoms with Crippen molar-refractivity contribution in [3.8, 4) is 5.75 Å². The molecule has 134 valence electrons. The number of fused-ring (bicyclic) bond motifs is 1. The van der Waals surface area contributed by atoms with Gasteiger partial charge in [-0.15, -0.1) is 0 Å². The van der Waals surface area contributed by atoms with Crippen LogP contribution in [0.2, 0.25) is 5.02 Å². The Labute approximate surface area is 163 Å². The highest BCUT2D eigenvalue weighted by Crippen LogP contribution is 2.56. The molecule has 0 N–H and O–H groups in total. The van der Waals surface area contributed by atoms with Gasteiger partial charge >= 0.3 is 0 Å². The van der Waals surface area contributed by atoms with Crippen LogP contribution in [0.5, 0.6) is 5.75 Å². The van der Waals surface area contributed by atoms with E-state index in [9.17, 15) is 0 Å². The van der Waals surface area contributed by atoms with E-state index in [0.29, 0.717) is 6.04 Å². The first-order chi connectivity index (χ1) is 13.3. The molecular weight excluding hydrogens is 356 g/mol. The van der Waals surface area contributed by atoms with Gasteiger partial charge in [0.05, 0.1) is 24.9 Å². The van der Waals surface area contributed by atoms with Crippen LogP contribution in [-0.4, -0.2) is 23.8 Å². The van der Waals surface area contributed by atoms with E-state index >= 15 is 0 Å². The first kappa shape index (κ1) is 16.5. The summed E-state index contributed by atoms with van der Waals surface area (Å²) in [6.07, 6.45) is -0.0500. The Hall–Kier alpha value is -2.62. The molecule has 4 atom stereocenters. The molecule has 4 heteroatoms. The summed E-state index contributed by atoms with van der Waals surface area (Å²) < 4.78 is 5.30. The zero-order chi connectivity index (χ0) is 18.4. The number of methoxy groups -OCH3 is 1. The van der Waals surface area contributed by atoms with Crippen molar-refractivity contribution in [1.82, 2.24) is 4.90 Å². The Morgan fingerprint density at radius 2 is 1.56 bits per heavy atom. The van der Waals surface area contributed by atoms with E-state index in [1.54, 1.807) is 7.11 Å². The Balaban J connectivity index is 1.57. The van der Waals surface area contributed by atoms with Crippen LogP contribution < -0.4 is 4.74 Å². The molecule has 27 heavy (non-hydrogen) atoms. The number of hydrogen-bond acceptors (Lipinski definition) is 3. The highest BCUT2D eigenvalue weighted by Gasteiger charge is 2.59. The zero-order valence-electron chi connectivity index (χ0n) is 14.9. The Morgan fingerprint density at radius 1 is 0.852 bits per heavy atom. The predicted octanol–water partition coefficient (Wildman–Crippen LogP) is 5.28. The van der Waals surface area contributed by atoms with E-state index in [4.69, 9.17) is 21.3 Å². The summed E-state index contributed by atoms with van der Waals surface area (Å²) in [5.74, 6) is 0.854. The van der Waals surface area contributed by atoms with E-state index in [0.717, 1.165) is 27.6 Å². The highest BCUT2D eigenvalue weighted by atomic mass is 35.5. The van der Waals surface area contributed by atoms with Crippen LogP contribution in [0.4, 0.5) is 0 Å². The molecule has 1 fully saturated rings. The minimum atomic E-state index is -0.0500. The summed E-state index contributed by atoms with van der Waals surface area (Å²) in [5.41, 5.74) is 4.64. The highest BCUT2D eigenvalue weighted by molar-refractivity contribution is 6.31. The van der Waals surface area contributed by atoms with E-state index in [1.165, 1.54) is 5.56 Å². The SMILES string of the molecule is COc1ccc(C2=N[C@H](c3ccccc3Cl)N3[C@H]2[C@H]3c2ccccc2)cc1.